The molecule has 0 aromatic heterocycles. The second-order valence-electron chi connectivity index (χ2n) is 6.62. The van der Waals surface area contributed by atoms with Crippen molar-refractivity contribution in [1.82, 2.24) is 16.0 Å². The maximum absolute atomic E-state index is 12.2. The Hall–Kier alpha value is -1.63. The Morgan fingerprint density at radius 3 is 1.55 bits per heavy atom. The molecule has 7 nitrogen and oxygen atoms in total. The van der Waals surface area contributed by atoms with Gasteiger partial charge in [0.15, 0.2) is 0 Å². The number of hydrogen-bond donors (Lipinski definition) is 4. The van der Waals surface area contributed by atoms with Crippen LogP contribution < -0.4 is 21.7 Å². The number of carbonyl (C=O) groups excluding carboxylic acids is 3. The van der Waals surface area contributed by atoms with E-state index < -0.39 is 6.17 Å². The number of rotatable bonds is 2. The summed E-state index contributed by atoms with van der Waals surface area (Å²) in [5.41, 5.74) is 5.79. The van der Waals surface area contributed by atoms with E-state index in [-0.39, 0.29) is 60.9 Å². The van der Waals surface area contributed by atoms with E-state index in [1.54, 1.807) is 0 Å². The Kier molecular flexibility index (Phi) is 6.80. The second kappa shape index (κ2) is 8.12. The van der Waals surface area contributed by atoms with Crippen molar-refractivity contribution in [1.29, 1.82) is 0 Å². The summed E-state index contributed by atoms with van der Waals surface area (Å²) < 4.78 is 0. The van der Waals surface area contributed by atoms with Crippen molar-refractivity contribution in [3.63, 3.8) is 0 Å². The number of carbonyl (C=O) groups is 3. The average Bonchev–Trinajstić information content (AvgIpc) is 2.34. The molecule has 1 heterocycles. The predicted molar refractivity (Wildman–Crippen MR) is 83.5 cm³/mol. The quantitative estimate of drug-likeness (QED) is 0.568. The highest BCUT2D eigenvalue weighted by Crippen LogP contribution is 2.11. The van der Waals surface area contributed by atoms with E-state index in [0.29, 0.717) is 0 Å². The summed E-state index contributed by atoms with van der Waals surface area (Å²) in [4.78, 5) is 36.1. The van der Waals surface area contributed by atoms with Crippen LogP contribution in [0.15, 0.2) is 0 Å². The summed E-state index contributed by atoms with van der Waals surface area (Å²) in [6.45, 7) is 7.80. The molecule has 0 aliphatic carbocycles. The fourth-order valence-corrected chi connectivity index (χ4v) is 2.35. The molecule has 3 unspecified atom stereocenters. The minimum atomic E-state index is -0.719. The molecule has 3 amide bonds. The van der Waals surface area contributed by atoms with Crippen LogP contribution in [0.25, 0.3) is 0 Å². The zero-order valence-electron chi connectivity index (χ0n) is 13.8. The van der Waals surface area contributed by atoms with Gasteiger partial charge in [-0.1, -0.05) is 27.7 Å². The van der Waals surface area contributed by atoms with Crippen LogP contribution in [-0.2, 0) is 14.4 Å². The molecule has 3 atom stereocenters. The van der Waals surface area contributed by atoms with Crippen LogP contribution in [0, 0.1) is 11.8 Å². The molecule has 0 spiro atoms. The SMILES string of the molecule is CC(C)C1CC(=O)NC(N)CC(=O)NC(C(C)C)CC(=O)N1. The van der Waals surface area contributed by atoms with E-state index in [9.17, 15) is 14.4 Å². The number of nitrogens with one attached hydrogen (secondary N) is 3. The lowest BCUT2D eigenvalue weighted by Crippen LogP contribution is -2.52. The van der Waals surface area contributed by atoms with Crippen LogP contribution in [0.4, 0.5) is 0 Å². The molecule has 1 aliphatic heterocycles. The molecule has 1 aliphatic rings. The molecule has 0 aromatic carbocycles. The normalized spacial score (nSPS) is 28.5. The third-order valence-electron chi connectivity index (χ3n) is 3.86. The molecule has 1 fully saturated rings. The molecule has 0 saturated carbocycles. The Morgan fingerprint density at radius 1 is 0.773 bits per heavy atom. The lowest BCUT2D eigenvalue weighted by atomic mass is 9.97. The summed E-state index contributed by atoms with van der Waals surface area (Å²) >= 11 is 0. The standard InChI is InChI=1S/C15H28N4O3/c1-8(2)10-5-13(20)17-11(9(3)4)6-14(21)19-12(16)7-15(22)18-10/h8-12H,5-7,16H2,1-4H3,(H,17,20)(H,18,22)(H,19,21). The van der Waals surface area contributed by atoms with Crippen LogP contribution in [0.5, 0.6) is 0 Å². The smallest absolute Gasteiger partial charge is 0.223 e. The first kappa shape index (κ1) is 18.4. The van der Waals surface area contributed by atoms with Gasteiger partial charge in [-0.2, -0.15) is 0 Å². The van der Waals surface area contributed by atoms with Crippen molar-refractivity contribution in [2.75, 3.05) is 0 Å². The van der Waals surface area contributed by atoms with E-state index in [4.69, 9.17) is 5.73 Å². The van der Waals surface area contributed by atoms with Crippen molar-refractivity contribution >= 4 is 17.7 Å². The maximum Gasteiger partial charge on any atom is 0.223 e. The van der Waals surface area contributed by atoms with E-state index in [2.05, 4.69) is 16.0 Å². The largest absolute Gasteiger partial charge is 0.353 e. The van der Waals surface area contributed by atoms with Crippen LogP contribution in [0.3, 0.4) is 0 Å². The maximum atomic E-state index is 12.2. The summed E-state index contributed by atoms with van der Waals surface area (Å²) in [5.74, 6) is -0.433. The lowest BCUT2D eigenvalue weighted by molar-refractivity contribution is -0.127. The summed E-state index contributed by atoms with van der Waals surface area (Å²) in [6, 6.07) is -0.495. The monoisotopic (exact) mass is 312 g/mol. The van der Waals surface area contributed by atoms with Crippen molar-refractivity contribution in [2.45, 2.75) is 65.2 Å². The molecular weight excluding hydrogens is 284 g/mol. The van der Waals surface area contributed by atoms with E-state index in [1.165, 1.54) is 0 Å². The second-order valence-corrected chi connectivity index (χ2v) is 6.62. The molecule has 1 saturated heterocycles. The first-order chi connectivity index (χ1) is 10.2. The van der Waals surface area contributed by atoms with Gasteiger partial charge < -0.3 is 21.7 Å². The molecular formula is C15H28N4O3. The number of amides is 3. The Balaban J connectivity index is 2.90. The van der Waals surface area contributed by atoms with Crippen LogP contribution in [-0.4, -0.2) is 36.0 Å². The minimum absolute atomic E-state index is 0.00290. The Bertz CT molecular complexity index is 387. The summed E-state index contributed by atoms with van der Waals surface area (Å²) in [6.07, 6.45) is -0.361. The highest BCUT2D eigenvalue weighted by Gasteiger charge is 2.26. The van der Waals surface area contributed by atoms with Gasteiger partial charge in [0.25, 0.3) is 0 Å². The number of hydrogen-bond acceptors (Lipinski definition) is 4. The topological polar surface area (TPSA) is 113 Å². The number of nitrogens with two attached hydrogens (primary N) is 1. The third kappa shape index (κ3) is 6.01. The van der Waals surface area contributed by atoms with Gasteiger partial charge in [-0.25, -0.2) is 0 Å². The summed E-state index contributed by atoms with van der Waals surface area (Å²) in [7, 11) is 0. The highest BCUT2D eigenvalue weighted by molar-refractivity contribution is 5.83. The van der Waals surface area contributed by atoms with Gasteiger partial charge >= 0.3 is 0 Å². The van der Waals surface area contributed by atoms with E-state index in [1.807, 2.05) is 27.7 Å². The van der Waals surface area contributed by atoms with Gasteiger partial charge in [0, 0.05) is 24.9 Å². The predicted octanol–water partition coefficient (Wildman–Crippen LogP) is -0.147. The fraction of sp³-hybridized carbons (Fsp3) is 0.800. The Morgan fingerprint density at radius 2 is 1.14 bits per heavy atom. The molecule has 5 N–H and O–H groups in total. The van der Waals surface area contributed by atoms with Crippen molar-refractivity contribution < 1.29 is 14.4 Å². The third-order valence-corrected chi connectivity index (χ3v) is 3.86. The van der Waals surface area contributed by atoms with Crippen molar-refractivity contribution in [3.05, 3.63) is 0 Å². The highest BCUT2D eigenvalue weighted by atomic mass is 16.2. The fourth-order valence-electron chi connectivity index (χ4n) is 2.35. The van der Waals surface area contributed by atoms with Crippen molar-refractivity contribution in [3.8, 4) is 0 Å². The van der Waals surface area contributed by atoms with Gasteiger partial charge in [0.2, 0.25) is 17.7 Å². The van der Waals surface area contributed by atoms with Crippen LogP contribution >= 0.6 is 0 Å². The molecule has 1 rings (SSSR count). The van der Waals surface area contributed by atoms with E-state index in [0.717, 1.165) is 0 Å². The molecule has 22 heavy (non-hydrogen) atoms. The van der Waals surface area contributed by atoms with Gasteiger partial charge in [-0.05, 0) is 11.8 Å². The first-order valence-corrected chi connectivity index (χ1v) is 7.82. The average molecular weight is 312 g/mol. The molecule has 0 aromatic rings. The molecule has 0 radical (unpaired) electrons. The van der Waals surface area contributed by atoms with Gasteiger partial charge in [-0.15, -0.1) is 0 Å². The van der Waals surface area contributed by atoms with Gasteiger partial charge in [-0.3, -0.25) is 14.4 Å². The Labute approximate surface area is 131 Å². The molecule has 7 heteroatoms. The lowest BCUT2D eigenvalue weighted by Gasteiger charge is -2.28. The zero-order chi connectivity index (χ0) is 16.9. The van der Waals surface area contributed by atoms with E-state index >= 15 is 0 Å². The van der Waals surface area contributed by atoms with Gasteiger partial charge in [0.1, 0.15) is 0 Å². The first-order valence-electron chi connectivity index (χ1n) is 7.82. The van der Waals surface area contributed by atoms with Crippen LogP contribution in [0.2, 0.25) is 0 Å². The molecule has 126 valence electrons. The minimum Gasteiger partial charge on any atom is -0.353 e. The molecule has 0 bridgehead atoms. The van der Waals surface area contributed by atoms with Gasteiger partial charge in [0.05, 0.1) is 12.6 Å². The zero-order valence-corrected chi connectivity index (χ0v) is 13.8. The van der Waals surface area contributed by atoms with Crippen molar-refractivity contribution in [2.24, 2.45) is 17.6 Å². The summed E-state index contributed by atoms with van der Waals surface area (Å²) in [5, 5.41) is 8.31. The van der Waals surface area contributed by atoms with Crippen LogP contribution in [0.1, 0.15) is 47.0 Å².